The summed E-state index contributed by atoms with van der Waals surface area (Å²) in [6, 6.07) is 0. The smallest absolute Gasteiger partial charge is 0.341 e. The van der Waals surface area contributed by atoms with Crippen molar-refractivity contribution in [2.24, 2.45) is 7.05 Å². The second-order valence-electron chi connectivity index (χ2n) is 3.20. The van der Waals surface area contributed by atoms with Crippen molar-refractivity contribution in [1.82, 2.24) is 9.78 Å². The van der Waals surface area contributed by atoms with Crippen LogP contribution in [0.1, 0.15) is 27.3 Å². The molecule has 0 aliphatic carbocycles. The van der Waals surface area contributed by atoms with Crippen molar-refractivity contribution in [1.29, 1.82) is 0 Å². The fourth-order valence-corrected chi connectivity index (χ4v) is 1.31. The molecule has 0 aliphatic rings. The number of methoxy groups -OCH3 is 2. The van der Waals surface area contributed by atoms with E-state index in [4.69, 9.17) is 0 Å². The van der Waals surface area contributed by atoms with E-state index >= 15 is 0 Å². The lowest BCUT2D eigenvalue weighted by Crippen LogP contribution is -2.16. The Balaban J connectivity index is 3.04. The summed E-state index contributed by atoms with van der Waals surface area (Å²) in [5.41, 5.74) is 0.0613. The van der Waals surface area contributed by atoms with Crippen molar-refractivity contribution >= 4 is 17.7 Å². The number of esters is 2. The Kier molecular flexibility index (Phi) is 3.97. The van der Waals surface area contributed by atoms with Crippen LogP contribution in [-0.4, -0.2) is 41.7 Å². The first-order chi connectivity index (χ1) is 8.01. The van der Waals surface area contributed by atoms with Crippen LogP contribution < -0.4 is 0 Å². The second-order valence-corrected chi connectivity index (χ2v) is 3.20. The molecule has 7 heteroatoms. The third-order valence-corrected chi connectivity index (χ3v) is 2.14. The number of hydrogen-bond donors (Lipinski definition) is 0. The van der Waals surface area contributed by atoms with Gasteiger partial charge in [-0.15, -0.1) is 0 Å². The third-order valence-electron chi connectivity index (χ3n) is 2.14. The van der Waals surface area contributed by atoms with Gasteiger partial charge in [-0.25, -0.2) is 4.79 Å². The monoisotopic (exact) mass is 240 g/mol. The van der Waals surface area contributed by atoms with E-state index in [0.717, 1.165) is 0 Å². The number of carbonyl (C=O) groups is 3. The average molecular weight is 240 g/mol. The molecule has 0 unspecified atom stereocenters. The van der Waals surface area contributed by atoms with E-state index in [9.17, 15) is 14.4 Å². The molecule has 7 nitrogen and oxygen atoms in total. The molecular formula is C10H12N2O5. The standard InChI is InChI=1S/C10H12N2O5/c1-12-9(7(13)4-8(14)16-2)6(5-11-12)10(15)17-3/h5H,4H2,1-3H3. The summed E-state index contributed by atoms with van der Waals surface area (Å²) in [5, 5.41) is 3.78. The first kappa shape index (κ1) is 12.9. The Labute approximate surface area is 97.3 Å². The summed E-state index contributed by atoms with van der Waals surface area (Å²) in [6.45, 7) is 0. The third kappa shape index (κ3) is 2.68. The Morgan fingerprint density at radius 1 is 1.29 bits per heavy atom. The molecule has 0 N–H and O–H groups in total. The van der Waals surface area contributed by atoms with E-state index in [1.165, 1.54) is 32.1 Å². The number of rotatable bonds is 4. The highest BCUT2D eigenvalue weighted by molar-refractivity contribution is 6.10. The Hall–Kier alpha value is -2.18. The minimum Gasteiger partial charge on any atom is -0.469 e. The van der Waals surface area contributed by atoms with E-state index in [0.29, 0.717) is 0 Å². The van der Waals surface area contributed by atoms with Gasteiger partial charge in [-0.2, -0.15) is 5.10 Å². The van der Waals surface area contributed by atoms with Crippen LogP contribution in [0.2, 0.25) is 0 Å². The van der Waals surface area contributed by atoms with Crippen LogP contribution in [0.25, 0.3) is 0 Å². The van der Waals surface area contributed by atoms with Crippen molar-refractivity contribution in [3.63, 3.8) is 0 Å². The molecule has 0 aromatic carbocycles. The SMILES string of the molecule is COC(=O)CC(=O)c1c(C(=O)OC)cnn1C. The van der Waals surface area contributed by atoms with Crippen LogP contribution in [0.5, 0.6) is 0 Å². The molecule has 0 fully saturated rings. The lowest BCUT2D eigenvalue weighted by Gasteiger charge is -2.03. The molecule has 1 heterocycles. The highest BCUT2D eigenvalue weighted by atomic mass is 16.5. The van der Waals surface area contributed by atoms with Gasteiger partial charge >= 0.3 is 11.9 Å². The van der Waals surface area contributed by atoms with Gasteiger partial charge in [-0.1, -0.05) is 0 Å². The van der Waals surface area contributed by atoms with Gasteiger partial charge in [0, 0.05) is 7.05 Å². The maximum Gasteiger partial charge on any atom is 0.341 e. The first-order valence-electron chi connectivity index (χ1n) is 4.71. The van der Waals surface area contributed by atoms with Crippen LogP contribution in [0, 0.1) is 0 Å². The highest BCUT2D eigenvalue weighted by Gasteiger charge is 2.24. The fourth-order valence-electron chi connectivity index (χ4n) is 1.31. The summed E-state index contributed by atoms with van der Waals surface area (Å²) in [7, 11) is 3.88. The molecule has 0 aliphatic heterocycles. The van der Waals surface area contributed by atoms with Crippen molar-refractivity contribution < 1.29 is 23.9 Å². The van der Waals surface area contributed by atoms with E-state index in [1.54, 1.807) is 0 Å². The average Bonchev–Trinajstić information content (AvgIpc) is 2.69. The summed E-state index contributed by atoms with van der Waals surface area (Å²) in [5.74, 6) is -1.89. The largest absolute Gasteiger partial charge is 0.469 e. The van der Waals surface area contributed by atoms with Gasteiger partial charge in [0.2, 0.25) is 0 Å². The van der Waals surface area contributed by atoms with Crippen LogP contribution in [0.3, 0.4) is 0 Å². The summed E-state index contributed by atoms with van der Waals surface area (Å²) in [6.07, 6.45) is 0.774. The molecule has 0 bridgehead atoms. The summed E-state index contributed by atoms with van der Waals surface area (Å²) < 4.78 is 10.1. The molecule has 1 aromatic heterocycles. The first-order valence-corrected chi connectivity index (χ1v) is 4.71. The number of carbonyl (C=O) groups excluding carboxylic acids is 3. The van der Waals surface area contributed by atoms with E-state index in [2.05, 4.69) is 14.6 Å². The van der Waals surface area contributed by atoms with E-state index in [1.807, 2.05) is 0 Å². The van der Waals surface area contributed by atoms with Crippen LogP contribution in [0.4, 0.5) is 0 Å². The van der Waals surface area contributed by atoms with Gasteiger partial charge < -0.3 is 9.47 Å². The molecule has 0 radical (unpaired) electrons. The summed E-state index contributed by atoms with van der Waals surface area (Å²) in [4.78, 5) is 34.1. The molecule has 0 amide bonds. The second kappa shape index (κ2) is 5.24. The number of ketones is 1. The van der Waals surface area contributed by atoms with Crippen molar-refractivity contribution in [2.45, 2.75) is 6.42 Å². The number of nitrogens with zero attached hydrogens (tertiary/aromatic N) is 2. The molecule has 1 aromatic rings. The Morgan fingerprint density at radius 3 is 2.47 bits per heavy atom. The van der Waals surface area contributed by atoms with Gasteiger partial charge in [-0.05, 0) is 0 Å². The van der Waals surface area contributed by atoms with Gasteiger partial charge in [-0.3, -0.25) is 14.3 Å². The molecule has 0 spiro atoms. The molecule has 0 atom stereocenters. The number of aromatic nitrogens is 2. The van der Waals surface area contributed by atoms with Gasteiger partial charge in [0.15, 0.2) is 5.78 Å². The molecule has 92 valence electrons. The minimum absolute atomic E-state index is 0.0299. The molecule has 0 saturated heterocycles. The molecular weight excluding hydrogens is 228 g/mol. The number of Topliss-reactive ketones (excluding diaryl/α,β-unsaturated/α-hetero) is 1. The maximum atomic E-state index is 11.8. The number of hydrogen-bond acceptors (Lipinski definition) is 6. The van der Waals surface area contributed by atoms with Crippen LogP contribution in [0.15, 0.2) is 6.20 Å². The Bertz CT molecular complexity index is 463. The van der Waals surface area contributed by atoms with Crippen molar-refractivity contribution in [3.8, 4) is 0 Å². The van der Waals surface area contributed by atoms with Crippen LogP contribution >= 0.6 is 0 Å². The number of ether oxygens (including phenoxy) is 2. The van der Waals surface area contributed by atoms with Crippen molar-refractivity contribution in [2.75, 3.05) is 14.2 Å². The Morgan fingerprint density at radius 2 is 1.94 bits per heavy atom. The molecule has 17 heavy (non-hydrogen) atoms. The fraction of sp³-hybridized carbons (Fsp3) is 0.400. The van der Waals surface area contributed by atoms with Crippen LogP contribution in [-0.2, 0) is 21.3 Å². The van der Waals surface area contributed by atoms with E-state index in [-0.39, 0.29) is 11.3 Å². The predicted octanol–water partition coefficient (Wildman–Crippen LogP) is -0.0475. The quantitative estimate of drug-likeness (QED) is 0.416. The summed E-state index contributed by atoms with van der Waals surface area (Å²) >= 11 is 0. The highest BCUT2D eigenvalue weighted by Crippen LogP contribution is 2.11. The number of aryl methyl sites for hydroxylation is 1. The predicted molar refractivity (Wildman–Crippen MR) is 55.5 cm³/mol. The zero-order chi connectivity index (χ0) is 13.0. The maximum absolute atomic E-state index is 11.8. The molecule has 0 saturated carbocycles. The lowest BCUT2D eigenvalue weighted by molar-refractivity contribution is -0.139. The normalized spacial score (nSPS) is 9.82. The van der Waals surface area contributed by atoms with Gasteiger partial charge in [0.05, 0.1) is 20.4 Å². The van der Waals surface area contributed by atoms with E-state index < -0.39 is 24.1 Å². The van der Waals surface area contributed by atoms with Crippen molar-refractivity contribution in [3.05, 3.63) is 17.5 Å². The zero-order valence-electron chi connectivity index (χ0n) is 9.72. The molecule has 1 rings (SSSR count). The van der Waals surface area contributed by atoms with Gasteiger partial charge in [0.25, 0.3) is 0 Å². The topological polar surface area (TPSA) is 87.5 Å². The lowest BCUT2D eigenvalue weighted by atomic mass is 10.1. The van der Waals surface area contributed by atoms with Gasteiger partial charge in [0.1, 0.15) is 17.7 Å². The minimum atomic E-state index is -0.675. The zero-order valence-corrected chi connectivity index (χ0v) is 9.72.